The fraction of sp³-hybridized carbons (Fsp3) is 0.350. The van der Waals surface area contributed by atoms with Crippen LogP contribution in [0.4, 0.5) is 11.4 Å². The molecule has 6 heteroatoms. The molecule has 1 fully saturated rings. The first-order valence-corrected chi connectivity index (χ1v) is 8.95. The lowest BCUT2D eigenvalue weighted by Crippen LogP contribution is -2.41. The Morgan fingerprint density at radius 1 is 1.12 bits per heavy atom. The number of carbonyl (C=O) groups is 1. The van der Waals surface area contributed by atoms with Crippen molar-refractivity contribution in [3.8, 4) is 11.5 Å². The number of carbonyl (C=O) groups excluding carboxylic acids is 1. The van der Waals surface area contributed by atoms with E-state index >= 15 is 0 Å². The van der Waals surface area contributed by atoms with Gasteiger partial charge in [-0.15, -0.1) is 0 Å². The van der Waals surface area contributed by atoms with Crippen molar-refractivity contribution < 1.29 is 14.3 Å². The van der Waals surface area contributed by atoms with Crippen LogP contribution in [-0.2, 0) is 4.79 Å². The highest BCUT2D eigenvalue weighted by Gasteiger charge is 2.29. The summed E-state index contributed by atoms with van der Waals surface area (Å²) < 4.78 is 10.7. The lowest BCUT2D eigenvalue weighted by molar-refractivity contribution is -0.120. The minimum atomic E-state index is -0.192. The first-order valence-electron chi connectivity index (χ1n) is 8.95. The first-order chi connectivity index (χ1) is 12.7. The van der Waals surface area contributed by atoms with Crippen molar-refractivity contribution >= 4 is 17.3 Å². The molecule has 0 aliphatic carbocycles. The molecule has 0 bridgehead atoms. The molecule has 1 amide bonds. The number of fused-ring (bicyclic) bond motifs is 1. The molecule has 136 valence electrons. The highest BCUT2D eigenvalue weighted by atomic mass is 16.7. The van der Waals surface area contributed by atoms with Crippen LogP contribution in [0.3, 0.4) is 0 Å². The average Bonchev–Trinajstić information content (AvgIpc) is 3.31. The molecular formula is C20H23N3O3. The molecule has 0 radical (unpaired) electrons. The van der Waals surface area contributed by atoms with Gasteiger partial charge < -0.3 is 20.1 Å². The molecule has 2 N–H and O–H groups in total. The van der Waals surface area contributed by atoms with Gasteiger partial charge in [-0.25, -0.2) is 0 Å². The number of hydrogen-bond donors (Lipinski definition) is 2. The van der Waals surface area contributed by atoms with Crippen molar-refractivity contribution in [2.45, 2.75) is 25.4 Å². The Morgan fingerprint density at radius 2 is 1.92 bits per heavy atom. The Bertz CT molecular complexity index is 781. The maximum atomic E-state index is 12.6. The van der Waals surface area contributed by atoms with Gasteiger partial charge >= 0.3 is 0 Å². The van der Waals surface area contributed by atoms with Gasteiger partial charge in [-0.3, -0.25) is 9.69 Å². The van der Waals surface area contributed by atoms with E-state index < -0.39 is 0 Å². The zero-order chi connectivity index (χ0) is 17.9. The third kappa shape index (κ3) is 3.60. The van der Waals surface area contributed by atoms with Crippen LogP contribution < -0.4 is 20.1 Å². The predicted octanol–water partition coefficient (Wildman–Crippen LogP) is 2.93. The molecule has 0 spiro atoms. The molecule has 0 saturated carbocycles. The maximum absolute atomic E-state index is 12.6. The number of rotatable bonds is 5. The monoisotopic (exact) mass is 353 g/mol. The highest BCUT2D eigenvalue weighted by Crippen LogP contribution is 2.34. The van der Waals surface area contributed by atoms with Gasteiger partial charge in [0.25, 0.3) is 0 Å². The van der Waals surface area contributed by atoms with Crippen LogP contribution in [0.2, 0.25) is 0 Å². The van der Waals surface area contributed by atoms with E-state index in [2.05, 4.69) is 27.7 Å². The first kappa shape index (κ1) is 16.7. The van der Waals surface area contributed by atoms with Gasteiger partial charge in [0.2, 0.25) is 12.7 Å². The zero-order valence-corrected chi connectivity index (χ0v) is 14.8. The van der Waals surface area contributed by atoms with Crippen LogP contribution in [0, 0.1) is 0 Å². The molecule has 2 aliphatic rings. The summed E-state index contributed by atoms with van der Waals surface area (Å²) in [5, 5.41) is 6.52. The summed E-state index contributed by atoms with van der Waals surface area (Å²) >= 11 is 0. The van der Waals surface area contributed by atoms with Gasteiger partial charge in [0, 0.05) is 36.6 Å². The van der Waals surface area contributed by atoms with Crippen LogP contribution in [0.15, 0.2) is 48.5 Å². The molecule has 2 atom stereocenters. The van der Waals surface area contributed by atoms with Gasteiger partial charge in [-0.2, -0.15) is 0 Å². The second-order valence-corrected chi connectivity index (χ2v) is 6.72. The lowest BCUT2D eigenvalue weighted by Gasteiger charge is -2.24. The van der Waals surface area contributed by atoms with Gasteiger partial charge in [-0.05, 0) is 37.6 Å². The second kappa shape index (κ2) is 7.25. The van der Waals surface area contributed by atoms with Crippen molar-refractivity contribution in [2.24, 2.45) is 0 Å². The standard InChI is InChI=1S/C20H23N3O3/c1-14(20(24)22-16-7-8-18-19(11-16)26-13-25-18)23-10-9-17(12-23)21-15-5-3-2-4-6-15/h2-8,11,14,17,21H,9-10,12-13H2,1H3,(H,22,24). The van der Waals surface area contributed by atoms with Gasteiger partial charge in [-0.1, -0.05) is 18.2 Å². The van der Waals surface area contributed by atoms with E-state index in [4.69, 9.17) is 9.47 Å². The van der Waals surface area contributed by atoms with Crippen LogP contribution in [-0.4, -0.2) is 42.8 Å². The fourth-order valence-electron chi connectivity index (χ4n) is 3.41. The van der Waals surface area contributed by atoms with Crippen LogP contribution in [0.25, 0.3) is 0 Å². The van der Waals surface area contributed by atoms with E-state index in [1.807, 2.05) is 37.3 Å². The van der Waals surface area contributed by atoms with Gasteiger partial charge in [0.15, 0.2) is 11.5 Å². The molecule has 6 nitrogen and oxygen atoms in total. The molecule has 1 saturated heterocycles. The normalized spacial score (nSPS) is 20.0. The summed E-state index contributed by atoms with van der Waals surface area (Å²) in [4.78, 5) is 14.8. The number of para-hydroxylation sites is 1. The predicted molar refractivity (Wildman–Crippen MR) is 101 cm³/mol. The van der Waals surface area contributed by atoms with E-state index in [9.17, 15) is 4.79 Å². The molecular weight excluding hydrogens is 330 g/mol. The van der Waals surface area contributed by atoms with Crippen LogP contribution in [0.5, 0.6) is 11.5 Å². The summed E-state index contributed by atoms with van der Waals surface area (Å²) in [6, 6.07) is 15.8. The Balaban J connectivity index is 1.32. The summed E-state index contributed by atoms with van der Waals surface area (Å²) in [6.07, 6.45) is 1.02. The number of nitrogens with zero attached hydrogens (tertiary/aromatic N) is 1. The Kier molecular flexibility index (Phi) is 4.67. The van der Waals surface area contributed by atoms with Crippen molar-refractivity contribution in [1.82, 2.24) is 4.90 Å². The lowest BCUT2D eigenvalue weighted by atomic mass is 10.2. The van der Waals surface area contributed by atoms with E-state index in [1.54, 1.807) is 6.07 Å². The number of nitrogens with one attached hydrogen (secondary N) is 2. The van der Waals surface area contributed by atoms with Crippen LogP contribution >= 0.6 is 0 Å². The number of hydrogen-bond acceptors (Lipinski definition) is 5. The summed E-state index contributed by atoms with van der Waals surface area (Å²) in [5.74, 6) is 1.37. The fourth-order valence-corrected chi connectivity index (χ4v) is 3.41. The average molecular weight is 353 g/mol. The maximum Gasteiger partial charge on any atom is 0.241 e. The van der Waals surface area contributed by atoms with E-state index in [0.29, 0.717) is 17.5 Å². The van der Waals surface area contributed by atoms with Crippen LogP contribution in [0.1, 0.15) is 13.3 Å². The quantitative estimate of drug-likeness (QED) is 0.865. The molecule has 2 unspecified atom stereocenters. The van der Waals surface area contributed by atoms with Crippen molar-refractivity contribution in [1.29, 1.82) is 0 Å². The largest absolute Gasteiger partial charge is 0.454 e. The van der Waals surface area contributed by atoms with E-state index in [-0.39, 0.29) is 18.7 Å². The number of anilines is 2. The number of ether oxygens (including phenoxy) is 2. The van der Waals surface area contributed by atoms with Crippen molar-refractivity contribution in [3.05, 3.63) is 48.5 Å². The molecule has 2 aromatic carbocycles. The minimum absolute atomic E-state index is 0.00998. The van der Waals surface area contributed by atoms with E-state index in [1.165, 1.54) is 0 Å². The third-order valence-electron chi connectivity index (χ3n) is 4.93. The molecule has 2 aliphatic heterocycles. The number of benzene rings is 2. The van der Waals surface area contributed by atoms with E-state index in [0.717, 1.165) is 30.9 Å². The Morgan fingerprint density at radius 3 is 2.77 bits per heavy atom. The smallest absolute Gasteiger partial charge is 0.241 e. The van der Waals surface area contributed by atoms with Gasteiger partial charge in [0.1, 0.15) is 0 Å². The minimum Gasteiger partial charge on any atom is -0.454 e. The van der Waals surface area contributed by atoms with Crippen molar-refractivity contribution in [3.63, 3.8) is 0 Å². The Hall–Kier alpha value is -2.73. The summed E-state index contributed by atoms with van der Waals surface area (Å²) in [6.45, 7) is 3.94. The topological polar surface area (TPSA) is 62.8 Å². The van der Waals surface area contributed by atoms with Crippen molar-refractivity contribution in [2.75, 3.05) is 30.5 Å². The molecule has 2 aromatic rings. The van der Waals surface area contributed by atoms with Gasteiger partial charge in [0.05, 0.1) is 6.04 Å². The molecule has 0 aromatic heterocycles. The Labute approximate surface area is 153 Å². The molecule has 4 rings (SSSR count). The summed E-state index contributed by atoms with van der Waals surface area (Å²) in [7, 11) is 0. The SMILES string of the molecule is CC(C(=O)Nc1ccc2c(c1)OCO2)N1CCC(Nc2ccccc2)C1. The summed E-state index contributed by atoms with van der Waals surface area (Å²) in [5.41, 5.74) is 1.85. The molecule has 2 heterocycles. The molecule has 26 heavy (non-hydrogen) atoms. The number of likely N-dealkylation sites (tertiary alicyclic amines) is 1. The zero-order valence-electron chi connectivity index (χ0n) is 14.8. The second-order valence-electron chi connectivity index (χ2n) is 6.72. The number of amides is 1. The highest BCUT2D eigenvalue weighted by molar-refractivity contribution is 5.94. The third-order valence-corrected chi connectivity index (χ3v) is 4.93.